The van der Waals surface area contributed by atoms with E-state index < -0.39 is 0 Å². The molecule has 6 nitrogen and oxygen atoms in total. The lowest BCUT2D eigenvalue weighted by atomic mass is 9.97. The first-order valence-corrected chi connectivity index (χ1v) is 6.59. The van der Waals surface area contributed by atoms with E-state index in [1.165, 1.54) is 0 Å². The van der Waals surface area contributed by atoms with Gasteiger partial charge < -0.3 is 10.2 Å². The van der Waals surface area contributed by atoms with Gasteiger partial charge in [-0.3, -0.25) is 9.89 Å². The van der Waals surface area contributed by atoms with Gasteiger partial charge in [-0.25, -0.2) is 4.98 Å². The number of aryl methyl sites for hydroxylation is 1. The minimum atomic E-state index is -0.0544. The number of likely N-dealkylation sites (tertiary alicyclic amines) is 1. The number of aromatic nitrogens is 3. The molecule has 2 heterocycles. The molecule has 0 atom stereocenters. The highest BCUT2D eigenvalue weighted by Gasteiger charge is 2.25. The van der Waals surface area contributed by atoms with Crippen molar-refractivity contribution in [3.8, 4) is 0 Å². The lowest BCUT2D eigenvalue weighted by Gasteiger charge is -2.31. The summed E-state index contributed by atoms with van der Waals surface area (Å²) in [7, 11) is 0. The Balaban J connectivity index is 1.84. The number of piperidine rings is 1. The van der Waals surface area contributed by atoms with Crippen molar-refractivity contribution in [3.63, 3.8) is 0 Å². The summed E-state index contributed by atoms with van der Waals surface area (Å²) in [5.74, 6) is 1.60. The van der Waals surface area contributed by atoms with Gasteiger partial charge in [-0.1, -0.05) is 6.92 Å². The number of H-pyrrole nitrogens is 1. The lowest BCUT2D eigenvalue weighted by Crippen LogP contribution is -2.41. The number of hydrogen-bond donors (Lipinski definition) is 2. The number of nitrogens with zero attached hydrogens (tertiary/aromatic N) is 3. The van der Waals surface area contributed by atoms with Gasteiger partial charge in [0, 0.05) is 13.1 Å². The Bertz CT molecular complexity index is 395. The van der Waals surface area contributed by atoms with Gasteiger partial charge in [-0.15, -0.1) is 5.10 Å². The van der Waals surface area contributed by atoms with Crippen molar-refractivity contribution in [1.82, 2.24) is 25.4 Å². The third-order valence-electron chi connectivity index (χ3n) is 3.37. The van der Waals surface area contributed by atoms with Crippen LogP contribution in [0, 0.1) is 12.8 Å². The van der Waals surface area contributed by atoms with Crippen LogP contribution in [0.15, 0.2) is 0 Å². The monoisotopic (exact) mass is 251 g/mol. The summed E-state index contributed by atoms with van der Waals surface area (Å²) in [5.41, 5.74) is 0. The molecule has 2 rings (SSSR count). The Kier molecular flexibility index (Phi) is 4.30. The first-order chi connectivity index (χ1) is 8.70. The molecule has 0 radical (unpaired) electrons. The van der Waals surface area contributed by atoms with E-state index in [-0.39, 0.29) is 11.7 Å². The molecule has 1 aliphatic heterocycles. The first kappa shape index (κ1) is 13.0. The van der Waals surface area contributed by atoms with E-state index in [0.29, 0.717) is 11.7 Å². The molecule has 1 aromatic rings. The van der Waals surface area contributed by atoms with E-state index in [1.807, 2.05) is 4.90 Å². The van der Waals surface area contributed by atoms with Crippen molar-refractivity contribution < 1.29 is 4.79 Å². The zero-order chi connectivity index (χ0) is 13.0. The Morgan fingerprint density at radius 1 is 1.50 bits per heavy atom. The van der Waals surface area contributed by atoms with Crippen LogP contribution in [-0.2, 0) is 0 Å². The van der Waals surface area contributed by atoms with Gasteiger partial charge in [0.2, 0.25) is 5.82 Å². The maximum Gasteiger partial charge on any atom is 0.293 e. The van der Waals surface area contributed by atoms with Crippen LogP contribution in [0.1, 0.15) is 36.2 Å². The van der Waals surface area contributed by atoms with E-state index in [0.717, 1.165) is 39.0 Å². The van der Waals surface area contributed by atoms with Crippen LogP contribution in [0.4, 0.5) is 0 Å². The first-order valence-electron chi connectivity index (χ1n) is 6.59. The highest BCUT2D eigenvalue weighted by atomic mass is 16.2. The highest BCUT2D eigenvalue weighted by Crippen LogP contribution is 2.17. The summed E-state index contributed by atoms with van der Waals surface area (Å²) < 4.78 is 0. The van der Waals surface area contributed by atoms with Crippen LogP contribution in [0.3, 0.4) is 0 Å². The highest BCUT2D eigenvalue weighted by molar-refractivity contribution is 5.90. The molecule has 2 N–H and O–H groups in total. The standard InChI is InChI=1S/C12H21N5O/c1-3-13-8-10-4-6-17(7-5-10)12(18)11-14-9(2)15-16-11/h10,13H,3-8H2,1-2H3,(H,14,15,16). The molecule has 0 saturated carbocycles. The normalized spacial score (nSPS) is 17.1. The molecule has 1 aromatic heterocycles. The quantitative estimate of drug-likeness (QED) is 0.820. The number of amides is 1. The fraction of sp³-hybridized carbons (Fsp3) is 0.750. The van der Waals surface area contributed by atoms with E-state index in [9.17, 15) is 4.79 Å². The molecule has 0 spiro atoms. The van der Waals surface area contributed by atoms with Crippen LogP contribution < -0.4 is 5.32 Å². The Hall–Kier alpha value is -1.43. The van der Waals surface area contributed by atoms with Crippen molar-refractivity contribution in [1.29, 1.82) is 0 Å². The van der Waals surface area contributed by atoms with Gasteiger partial charge in [0.25, 0.3) is 5.91 Å². The van der Waals surface area contributed by atoms with E-state index in [2.05, 4.69) is 27.4 Å². The molecular formula is C12H21N5O. The van der Waals surface area contributed by atoms with Gasteiger partial charge >= 0.3 is 0 Å². The average molecular weight is 251 g/mol. The predicted octanol–water partition coefficient (Wildman–Crippen LogP) is 0.575. The van der Waals surface area contributed by atoms with Gasteiger partial charge in [0.15, 0.2) is 0 Å². The van der Waals surface area contributed by atoms with Gasteiger partial charge in [-0.05, 0) is 38.8 Å². The molecule has 1 saturated heterocycles. The Morgan fingerprint density at radius 3 is 2.78 bits per heavy atom. The minimum Gasteiger partial charge on any atom is -0.336 e. The number of aromatic amines is 1. The third-order valence-corrected chi connectivity index (χ3v) is 3.37. The molecule has 0 aliphatic carbocycles. The number of rotatable bonds is 4. The van der Waals surface area contributed by atoms with Crippen molar-refractivity contribution in [2.24, 2.45) is 5.92 Å². The minimum absolute atomic E-state index is 0.0544. The van der Waals surface area contributed by atoms with Crippen molar-refractivity contribution in [3.05, 3.63) is 11.6 Å². The summed E-state index contributed by atoms with van der Waals surface area (Å²) in [6.07, 6.45) is 2.12. The second-order valence-electron chi connectivity index (χ2n) is 4.79. The zero-order valence-electron chi connectivity index (χ0n) is 11.1. The van der Waals surface area contributed by atoms with E-state index in [4.69, 9.17) is 0 Å². The van der Waals surface area contributed by atoms with Crippen molar-refractivity contribution in [2.75, 3.05) is 26.2 Å². The maximum atomic E-state index is 12.1. The fourth-order valence-electron chi connectivity index (χ4n) is 2.27. The molecule has 0 bridgehead atoms. The molecule has 0 unspecified atom stereocenters. The second-order valence-corrected chi connectivity index (χ2v) is 4.79. The summed E-state index contributed by atoms with van der Waals surface area (Å²) in [4.78, 5) is 18.0. The van der Waals surface area contributed by atoms with Gasteiger partial charge in [0.1, 0.15) is 5.82 Å². The molecule has 6 heteroatoms. The summed E-state index contributed by atoms with van der Waals surface area (Å²) in [6, 6.07) is 0. The second kappa shape index (κ2) is 5.95. The molecule has 0 aromatic carbocycles. The Labute approximate surface area is 107 Å². The number of nitrogens with one attached hydrogen (secondary N) is 2. The maximum absolute atomic E-state index is 12.1. The summed E-state index contributed by atoms with van der Waals surface area (Å²) >= 11 is 0. The van der Waals surface area contributed by atoms with Gasteiger partial charge in [0.05, 0.1) is 0 Å². The number of hydrogen-bond acceptors (Lipinski definition) is 4. The summed E-state index contributed by atoms with van der Waals surface area (Å²) in [6.45, 7) is 7.59. The smallest absolute Gasteiger partial charge is 0.293 e. The predicted molar refractivity (Wildman–Crippen MR) is 68.3 cm³/mol. The van der Waals surface area contributed by atoms with Crippen LogP contribution in [0.5, 0.6) is 0 Å². The van der Waals surface area contributed by atoms with Crippen LogP contribution in [-0.4, -0.2) is 52.2 Å². The molecule has 100 valence electrons. The van der Waals surface area contributed by atoms with Crippen LogP contribution >= 0.6 is 0 Å². The Morgan fingerprint density at radius 2 is 2.22 bits per heavy atom. The van der Waals surface area contributed by atoms with Crippen LogP contribution in [0.2, 0.25) is 0 Å². The SMILES string of the molecule is CCNCC1CCN(C(=O)c2n[nH]c(C)n2)CC1. The number of carbonyl (C=O) groups excluding carboxylic acids is 1. The molecule has 1 amide bonds. The third kappa shape index (κ3) is 3.07. The van der Waals surface area contributed by atoms with Crippen molar-refractivity contribution >= 4 is 5.91 Å². The van der Waals surface area contributed by atoms with Crippen LogP contribution in [0.25, 0.3) is 0 Å². The molecule has 1 aliphatic rings. The zero-order valence-corrected chi connectivity index (χ0v) is 11.1. The van der Waals surface area contributed by atoms with Gasteiger partial charge in [-0.2, -0.15) is 0 Å². The molecule has 18 heavy (non-hydrogen) atoms. The fourth-order valence-corrected chi connectivity index (χ4v) is 2.27. The molecule has 1 fully saturated rings. The topological polar surface area (TPSA) is 73.9 Å². The molecular weight excluding hydrogens is 230 g/mol. The lowest BCUT2D eigenvalue weighted by molar-refractivity contribution is 0.0678. The average Bonchev–Trinajstić information content (AvgIpc) is 2.83. The van der Waals surface area contributed by atoms with E-state index in [1.54, 1.807) is 6.92 Å². The van der Waals surface area contributed by atoms with E-state index >= 15 is 0 Å². The number of carbonyl (C=O) groups is 1. The largest absolute Gasteiger partial charge is 0.336 e. The summed E-state index contributed by atoms with van der Waals surface area (Å²) in [5, 5.41) is 9.99. The van der Waals surface area contributed by atoms with Crippen molar-refractivity contribution in [2.45, 2.75) is 26.7 Å².